The first-order chi connectivity index (χ1) is 14.5. The number of para-hydroxylation sites is 1. The normalized spacial score (nSPS) is 19.3. The van der Waals surface area contributed by atoms with Crippen LogP contribution in [0, 0.1) is 0 Å². The zero-order valence-electron chi connectivity index (χ0n) is 16.5. The smallest absolute Gasteiger partial charge is 0.247 e. The van der Waals surface area contributed by atoms with Gasteiger partial charge in [0.15, 0.2) is 0 Å². The Morgan fingerprint density at radius 1 is 0.833 bits per heavy atom. The molecular formula is C23H23N3O3S. The van der Waals surface area contributed by atoms with Gasteiger partial charge in [-0.05, 0) is 47.9 Å². The van der Waals surface area contributed by atoms with Crippen molar-refractivity contribution in [2.45, 2.75) is 23.3 Å². The number of hydrogen-bond acceptors (Lipinski definition) is 4. The van der Waals surface area contributed by atoms with Gasteiger partial charge in [-0.25, -0.2) is 8.42 Å². The van der Waals surface area contributed by atoms with Gasteiger partial charge < -0.3 is 10.2 Å². The Kier molecular flexibility index (Phi) is 4.52. The molecule has 2 aliphatic rings. The van der Waals surface area contributed by atoms with E-state index in [0.29, 0.717) is 37.5 Å². The van der Waals surface area contributed by atoms with Gasteiger partial charge in [0.05, 0.1) is 11.6 Å². The minimum atomic E-state index is -3.62. The Labute approximate surface area is 176 Å². The quantitative estimate of drug-likeness (QED) is 0.706. The summed E-state index contributed by atoms with van der Waals surface area (Å²) in [6, 6.07) is 22.8. The molecule has 2 heterocycles. The van der Waals surface area contributed by atoms with Crippen LogP contribution in [0.5, 0.6) is 0 Å². The van der Waals surface area contributed by atoms with Crippen LogP contribution < -0.4 is 10.2 Å². The van der Waals surface area contributed by atoms with Crippen LogP contribution in [-0.2, 0) is 14.8 Å². The zero-order chi connectivity index (χ0) is 20.8. The Morgan fingerprint density at radius 2 is 1.50 bits per heavy atom. The van der Waals surface area contributed by atoms with Crippen molar-refractivity contribution >= 4 is 32.4 Å². The average molecular weight is 422 g/mol. The average Bonchev–Trinajstić information content (AvgIpc) is 3.09. The second-order valence-electron chi connectivity index (χ2n) is 7.87. The molecule has 2 fully saturated rings. The highest BCUT2D eigenvalue weighted by Gasteiger charge is 2.51. The molecule has 0 unspecified atom stereocenters. The minimum Gasteiger partial charge on any atom is -0.339 e. The van der Waals surface area contributed by atoms with E-state index in [0.717, 1.165) is 16.5 Å². The number of carbonyl (C=O) groups is 1. The molecular weight excluding hydrogens is 398 g/mol. The third-order valence-electron chi connectivity index (χ3n) is 6.31. The number of hydrogen-bond donors (Lipinski definition) is 1. The van der Waals surface area contributed by atoms with Gasteiger partial charge in [-0.1, -0.05) is 48.5 Å². The van der Waals surface area contributed by atoms with E-state index in [1.54, 1.807) is 12.1 Å². The summed E-state index contributed by atoms with van der Waals surface area (Å²) < 4.78 is 28.1. The van der Waals surface area contributed by atoms with Crippen molar-refractivity contribution in [3.63, 3.8) is 0 Å². The molecule has 0 bridgehead atoms. The lowest BCUT2D eigenvalue weighted by Gasteiger charge is -2.42. The highest BCUT2D eigenvalue weighted by atomic mass is 32.2. The monoisotopic (exact) mass is 421 g/mol. The molecule has 7 heteroatoms. The summed E-state index contributed by atoms with van der Waals surface area (Å²) in [6.07, 6.45) is 0.918. The molecule has 30 heavy (non-hydrogen) atoms. The third-order valence-corrected chi connectivity index (χ3v) is 8.21. The number of anilines is 1. The van der Waals surface area contributed by atoms with Crippen LogP contribution in [0.3, 0.4) is 0 Å². The maximum atomic E-state index is 13.3. The van der Waals surface area contributed by atoms with E-state index < -0.39 is 15.6 Å². The van der Waals surface area contributed by atoms with Crippen LogP contribution in [0.4, 0.5) is 5.69 Å². The molecule has 154 valence electrons. The molecule has 2 saturated heterocycles. The molecule has 1 amide bonds. The summed E-state index contributed by atoms with van der Waals surface area (Å²) in [5.74, 6) is -0.0193. The van der Waals surface area contributed by atoms with E-state index in [9.17, 15) is 13.2 Å². The molecule has 0 aliphatic carbocycles. The van der Waals surface area contributed by atoms with Crippen LogP contribution in [0.1, 0.15) is 12.8 Å². The molecule has 2 aliphatic heterocycles. The molecule has 3 aromatic rings. The van der Waals surface area contributed by atoms with Gasteiger partial charge in [0.25, 0.3) is 0 Å². The van der Waals surface area contributed by atoms with Gasteiger partial charge in [0, 0.05) is 18.8 Å². The number of benzene rings is 3. The first-order valence-electron chi connectivity index (χ1n) is 10.1. The third kappa shape index (κ3) is 2.97. The Hall–Kier alpha value is -2.90. The van der Waals surface area contributed by atoms with E-state index >= 15 is 0 Å². The van der Waals surface area contributed by atoms with Crippen molar-refractivity contribution in [2.24, 2.45) is 0 Å². The number of nitrogens with zero attached hydrogens (tertiary/aromatic N) is 2. The highest BCUT2D eigenvalue weighted by Crippen LogP contribution is 2.37. The Morgan fingerprint density at radius 3 is 2.23 bits per heavy atom. The van der Waals surface area contributed by atoms with E-state index in [2.05, 4.69) is 10.2 Å². The van der Waals surface area contributed by atoms with E-state index in [1.807, 2.05) is 60.7 Å². The van der Waals surface area contributed by atoms with Crippen molar-refractivity contribution in [1.82, 2.24) is 9.62 Å². The summed E-state index contributed by atoms with van der Waals surface area (Å²) in [4.78, 5) is 15.2. The molecule has 0 saturated carbocycles. The van der Waals surface area contributed by atoms with Gasteiger partial charge in [-0.2, -0.15) is 4.31 Å². The summed E-state index contributed by atoms with van der Waals surface area (Å²) in [6.45, 7) is 1.07. The summed E-state index contributed by atoms with van der Waals surface area (Å²) in [5, 5.41) is 4.86. The summed E-state index contributed by atoms with van der Waals surface area (Å²) in [5.41, 5.74) is 0.276. The maximum Gasteiger partial charge on any atom is 0.247 e. The van der Waals surface area contributed by atoms with E-state index in [4.69, 9.17) is 0 Å². The van der Waals surface area contributed by atoms with Crippen molar-refractivity contribution in [3.05, 3.63) is 72.8 Å². The first-order valence-corrected chi connectivity index (χ1v) is 11.5. The van der Waals surface area contributed by atoms with Crippen molar-refractivity contribution in [3.8, 4) is 0 Å². The highest BCUT2D eigenvalue weighted by molar-refractivity contribution is 7.89. The Balaban J connectivity index is 1.41. The lowest BCUT2D eigenvalue weighted by molar-refractivity contribution is -0.124. The van der Waals surface area contributed by atoms with Crippen molar-refractivity contribution in [1.29, 1.82) is 0 Å². The molecule has 6 nitrogen and oxygen atoms in total. The minimum absolute atomic E-state index is 0.0193. The van der Waals surface area contributed by atoms with Gasteiger partial charge in [0.1, 0.15) is 5.54 Å². The number of carbonyl (C=O) groups excluding carboxylic acids is 1. The molecule has 0 atom stereocenters. The molecule has 0 aromatic heterocycles. The van der Waals surface area contributed by atoms with E-state index in [1.165, 1.54) is 4.31 Å². The van der Waals surface area contributed by atoms with Gasteiger partial charge in [-0.15, -0.1) is 0 Å². The maximum absolute atomic E-state index is 13.3. The van der Waals surface area contributed by atoms with Crippen LogP contribution in [-0.4, -0.2) is 43.9 Å². The summed E-state index contributed by atoms with van der Waals surface area (Å²) >= 11 is 0. The number of nitrogens with one attached hydrogen (secondary N) is 1. The largest absolute Gasteiger partial charge is 0.339 e. The number of fused-ring (bicyclic) bond motifs is 1. The number of rotatable bonds is 3. The van der Waals surface area contributed by atoms with Gasteiger partial charge in [-0.3, -0.25) is 4.79 Å². The first kappa shape index (κ1) is 19.1. The second kappa shape index (κ2) is 7.11. The number of piperidine rings is 1. The van der Waals surface area contributed by atoms with Crippen LogP contribution >= 0.6 is 0 Å². The van der Waals surface area contributed by atoms with Crippen LogP contribution in [0.25, 0.3) is 10.8 Å². The molecule has 3 aromatic carbocycles. The fourth-order valence-electron chi connectivity index (χ4n) is 4.61. The fourth-order valence-corrected chi connectivity index (χ4v) is 6.08. The molecule has 1 spiro atoms. The number of amides is 1. The fraction of sp³-hybridized carbons (Fsp3) is 0.261. The van der Waals surface area contributed by atoms with Crippen LogP contribution in [0.15, 0.2) is 77.7 Å². The lowest BCUT2D eigenvalue weighted by Crippen LogP contribution is -2.57. The van der Waals surface area contributed by atoms with Gasteiger partial charge in [0.2, 0.25) is 15.9 Å². The SMILES string of the molecule is O=C1NCN(c2ccccc2)C12CCN(S(=O)(=O)c1ccc3ccccc3c1)CC2. The molecule has 5 rings (SSSR count). The predicted octanol–water partition coefficient (Wildman–Crippen LogP) is 2.96. The lowest BCUT2D eigenvalue weighted by atomic mass is 9.86. The molecule has 0 radical (unpaired) electrons. The van der Waals surface area contributed by atoms with Crippen molar-refractivity contribution in [2.75, 3.05) is 24.7 Å². The topological polar surface area (TPSA) is 69.7 Å². The number of sulfonamides is 1. The van der Waals surface area contributed by atoms with Crippen molar-refractivity contribution < 1.29 is 13.2 Å². The summed E-state index contributed by atoms with van der Waals surface area (Å²) in [7, 11) is -3.62. The Bertz CT molecular complexity index is 1200. The predicted molar refractivity (Wildman–Crippen MR) is 117 cm³/mol. The van der Waals surface area contributed by atoms with Crippen LogP contribution in [0.2, 0.25) is 0 Å². The van der Waals surface area contributed by atoms with Gasteiger partial charge >= 0.3 is 0 Å². The zero-order valence-corrected chi connectivity index (χ0v) is 17.3. The standard InChI is InChI=1S/C23H23N3O3S/c27-22-23(26(17-24-22)20-8-2-1-3-9-20)12-14-25(15-13-23)30(28,29)21-11-10-18-6-4-5-7-19(18)16-21/h1-11,16H,12-15,17H2,(H,24,27). The second-order valence-corrected chi connectivity index (χ2v) is 9.81. The molecule has 1 N–H and O–H groups in total. The van der Waals surface area contributed by atoms with E-state index in [-0.39, 0.29) is 5.91 Å².